The largest absolute Gasteiger partial charge is 0.314 e. The highest BCUT2D eigenvalue weighted by Gasteiger charge is 2.16. The van der Waals surface area contributed by atoms with E-state index in [2.05, 4.69) is 71.1 Å². The Kier molecular flexibility index (Phi) is 6.75. The third-order valence-electron chi connectivity index (χ3n) is 3.72. The van der Waals surface area contributed by atoms with Crippen LogP contribution in [0.4, 0.5) is 0 Å². The van der Waals surface area contributed by atoms with Gasteiger partial charge in [-0.05, 0) is 49.6 Å². The first-order valence-corrected chi connectivity index (χ1v) is 8.05. The highest BCUT2D eigenvalue weighted by molar-refractivity contribution is 5.22. The Morgan fingerprint density at radius 1 is 1.15 bits per heavy atom. The maximum absolute atomic E-state index is 3.62. The van der Waals surface area contributed by atoms with Crippen LogP contribution in [0.15, 0.2) is 24.3 Å². The van der Waals surface area contributed by atoms with E-state index in [1.165, 1.54) is 30.4 Å². The molecule has 1 heteroatoms. The molecule has 0 fully saturated rings. The predicted molar refractivity (Wildman–Crippen MR) is 90.2 cm³/mol. The Morgan fingerprint density at radius 2 is 1.85 bits per heavy atom. The number of benzene rings is 1. The van der Waals surface area contributed by atoms with Gasteiger partial charge in [-0.2, -0.15) is 0 Å². The Balaban J connectivity index is 2.61. The van der Waals surface area contributed by atoms with E-state index >= 15 is 0 Å². The van der Waals surface area contributed by atoms with E-state index in [-0.39, 0.29) is 0 Å². The van der Waals surface area contributed by atoms with Gasteiger partial charge >= 0.3 is 0 Å². The Morgan fingerprint density at radius 3 is 2.40 bits per heavy atom. The molecule has 1 atom stereocenters. The second-order valence-corrected chi connectivity index (χ2v) is 7.72. The first kappa shape index (κ1) is 17.2. The zero-order valence-electron chi connectivity index (χ0n) is 14.3. The third kappa shape index (κ3) is 7.69. The van der Waals surface area contributed by atoms with Crippen LogP contribution in [0.5, 0.6) is 0 Å². The van der Waals surface area contributed by atoms with Crippen LogP contribution in [-0.2, 0) is 6.42 Å². The Hall–Kier alpha value is -0.820. The van der Waals surface area contributed by atoms with E-state index in [9.17, 15) is 0 Å². The molecule has 0 aliphatic carbocycles. The van der Waals surface area contributed by atoms with Crippen LogP contribution in [0.1, 0.15) is 58.6 Å². The molecule has 0 aliphatic rings. The van der Waals surface area contributed by atoms with Gasteiger partial charge in [0, 0.05) is 6.04 Å². The Bertz CT molecular complexity index is 387. The molecule has 1 N–H and O–H groups in total. The van der Waals surface area contributed by atoms with E-state index in [4.69, 9.17) is 0 Å². The molecule has 0 heterocycles. The summed E-state index contributed by atoms with van der Waals surface area (Å²) < 4.78 is 0. The van der Waals surface area contributed by atoms with E-state index in [0.717, 1.165) is 12.5 Å². The van der Waals surface area contributed by atoms with Gasteiger partial charge in [0.25, 0.3) is 0 Å². The van der Waals surface area contributed by atoms with Gasteiger partial charge in [0.05, 0.1) is 0 Å². The molecule has 114 valence electrons. The van der Waals surface area contributed by atoms with E-state index in [1.807, 2.05) is 0 Å². The van der Waals surface area contributed by atoms with Crippen LogP contribution >= 0.6 is 0 Å². The molecule has 1 unspecified atom stereocenters. The molecule has 0 radical (unpaired) electrons. The van der Waals surface area contributed by atoms with Gasteiger partial charge < -0.3 is 5.32 Å². The second kappa shape index (κ2) is 7.83. The monoisotopic (exact) mass is 275 g/mol. The minimum absolute atomic E-state index is 0.433. The third-order valence-corrected chi connectivity index (χ3v) is 3.72. The van der Waals surface area contributed by atoms with Gasteiger partial charge in [-0.25, -0.2) is 0 Å². The van der Waals surface area contributed by atoms with Crippen molar-refractivity contribution in [1.82, 2.24) is 5.32 Å². The minimum Gasteiger partial charge on any atom is -0.314 e. The molecular weight excluding hydrogens is 242 g/mol. The van der Waals surface area contributed by atoms with Gasteiger partial charge in [-0.1, -0.05) is 64.4 Å². The molecule has 0 saturated carbocycles. The molecule has 1 aromatic rings. The molecule has 0 saturated heterocycles. The van der Waals surface area contributed by atoms with Gasteiger partial charge in [-0.15, -0.1) is 0 Å². The molecule has 0 aromatic heterocycles. The quantitative estimate of drug-likeness (QED) is 0.740. The lowest BCUT2D eigenvalue weighted by atomic mass is 9.84. The topological polar surface area (TPSA) is 12.0 Å². The van der Waals surface area contributed by atoms with Crippen LogP contribution in [0.3, 0.4) is 0 Å². The van der Waals surface area contributed by atoms with Crippen molar-refractivity contribution < 1.29 is 0 Å². The molecule has 0 aliphatic heterocycles. The van der Waals surface area contributed by atoms with Gasteiger partial charge in [0.2, 0.25) is 0 Å². The number of rotatable bonds is 7. The smallest absolute Gasteiger partial charge is 0.00104 e. The molecular formula is C19H33N. The first-order chi connectivity index (χ1) is 9.26. The lowest BCUT2D eigenvalue weighted by molar-refractivity contribution is 0.310. The van der Waals surface area contributed by atoms with Gasteiger partial charge in [0.15, 0.2) is 0 Å². The van der Waals surface area contributed by atoms with Crippen molar-refractivity contribution >= 4 is 0 Å². The summed E-state index contributed by atoms with van der Waals surface area (Å²) in [6.45, 7) is 14.8. The molecule has 0 spiro atoms. The molecule has 20 heavy (non-hydrogen) atoms. The molecule has 1 nitrogen and oxygen atoms in total. The first-order valence-electron chi connectivity index (χ1n) is 8.05. The van der Waals surface area contributed by atoms with Crippen LogP contribution in [0.2, 0.25) is 0 Å². The standard InChI is InChI=1S/C19H33N/c1-15(2)20-14-18(10-11-19(4,5)6)13-17-9-7-8-16(3)12-17/h7-9,12,15,18,20H,10-11,13-14H2,1-6H3. The van der Waals surface area contributed by atoms with Crippen molar-refractivity contribution in [3.63, 3.8) is 0 Å². The fraction of sp³-hybridized carbons (Fsp3) is 0.684. The number of aryl methyl sites for hydroxylation is 1. The fourth-order valence-electron chi connectivity index (χ4n) is 2.49. The van der Waals surface area contributed by atoms with Gasteiger partial charge in [0.1, 0.15) is 0 Å². The molecule has 0 amide bonds. The van der Waals surface area contributed by atoms with E-state index < -0.39 is 0 Å². The fourth-order valence-corrected chi connectivity index (χ4v) is 2.49. The van der Waals surface area contributed by atoms with Crippen LogP contribution in [0.25, 0.3) is 0 Å². The van der Waals surface area contributed by atoms with Crippen LogP contribution in [-0.4, -0.2) is 12.6 Å². The maximum atomic E-state index is 3.62. The summed E-state index contributed by atoms with van der Waals surface area (Å²) in [5, 5.41) is 3.62. The van der Waals surface area contributed by atoms with Crippen molar-refractivity contribution in [3.05, 3.63) is 35.4 Å². The van der Waals surface area contributed by atoms with Crippen molar-refractivity contribution in [1.29, 1.82) is 0 Å². The molecule has 1 rings (SSSR count). The summed E-state index contributed by atoms with van der Waals surface area (Å²) in [5.74, 6) is 0.735. The summed E-state index contributed by atoms with van der Waals surface area (Å²) in [4.78, 5) is 0. The van der Waals surface area contributed by atoms with Gasteiger partial charge in [-0.3, -0.25) is 0 Å². The summed E-state index contributed by atoms with van der Waals surface area (Å²) in [6.07, 6.45) is 3.79. The van der Waals surface area contributed by atoms with E-state index in [1.54, 1.807) is 0 Å². The normalized spacial score (nSPS) is 13.8. The lowest BCUT2D eigenvalue weighted by Crippen LogP contribution is -2.30. The molecule has 1 aromatic carbocycles. The highest BCUT2D eigenvalue weighted by Crippen LogP contribution is 2.25. The molecule has 0 bridgehead atoms. The summed E-state index contributed by atoms with van der Waals surface area (Å²) in [7, 11) is 0. The summed E-state index contributed by atoms with van der Waals surface area (Å²) in [5.41, 5.74) is 3.28. The van der Waals surface area contributed by atoms with Crippen molar-refractivity contribution in [2.45, 2.75) is 66.8 Å². The summed E-state index contributed by atoms with van der Waals surface area (Å²) >= 11 is 0. The highest BCUT2D eigenvalue weighted by atomic mass is 14.9. The van der Waals surface area contributed by atoms with Crippen molar-refractivity contribution in [3.8, 4) is 0 Å². The number of hydrogen-bond acceptors (Lipinski definition) is 1. The maximum Gasteiger partial charge on any atom is 0.00104 e. The predicted octanol–water partition coefficient (Wildman–Crippen LogP) is 4.98. The SMILES string of the molecule is Cc1cccc(CC(CCC(C)(C)C)CNC(C)C)c1. The summed E-state index contributed by atoms with van der Waals surface area (Å²) in [6, 6.07) is 9.54. The Labute approximate surface area is 126 Å². The zero-order chi connectivity index (χ0) is 15.2. The van der Waals surface area contributed by atoms with Crippen LogP contribution < -0.4 is 5.32 Å². The number of nitrogens with one attached hydrogen (secondary N) is 1. The van der Waals surface area contributed by atoms with Crippen molar-refractivity contribution in [2.75, 3.05) is 6.54 Å². The average molecular weight is 275 g/mol. The van der Waals surface area contributed by atoms with Crippen LogP contribution in [0, 0.1) is 18.3 Å². The van der Waals surface area contributed by atoms with Crippen molar-refractivity contribution in [2.24, 2.45) is 11.3 Å². The number of hydrogen-bond donors (Lipinski definition) is 1. The van der Waals surface area contributed by atoms with E-state index in [0.29, 0.717) is 11.5 Å². The zero-order valence-corrected chi connectivity index (χ0v) is 14.3. The lowest BCUT2D eigenvalue weighted by Gasteiger charge is -2.24. The minimum atomic E-state index is 0.433. The average Bonchev–Trinajstić information content (AvgIpc) is 2.31. The second-order valence-electron chi connectivity index (χ2n) is 7.72.